The second-order valence-electron chi connectivity index (χ2n) is 9.81. The SMILES string of the molecule is CC/C=C\C/C=C\C/C=C\C/C=C\CCC(=O)NC(COC1OC(CO)C(O)C(O)C1O)C(O)/C=C/CCCC. The fourth-order valence-corrected chi connectivity index (χ4v) is 3.91. The normalized spacial score (nSPS) is 25.6. The average Bonchev–Trinajstić information content (AvgIpc) is 2.95. The van der Waals surface area contributed by atoms with Crippen molar-refractivity contribution in [3.05, 3.63) is 60.8 Å². The first-order valence-corrected chi connectivity index (χ1v) is 14.5. The first-order chi connectivity index (χ1) is 19.3. The van der Waals surface area contributed by atoms with Crippen LogP contribution in [0.3, 0.4) is 0 Å². The first kappa shape index (κ1) is 35.9. The van der Waals surface area contributed by atoms with E-state index >= 15 is 0 Å². The summed E-state index contributed by atoms with van der Waals surface area (Å²) < 4.78 is 11.0. The maximum Gasteiger partial charge on any atom is 0.220 e. The molecule has 40 heavy (non-hydrogen) atoms. The van der Waals surface area contributed by atoms with Crippen LogP contribution in [0.5, 0.6) is 0 Å². The monoisotopic (exact) mass is 565 g/mol. The standard InChI is InChI=1S/C31H51NO8/c1-3-5-7-9-10-11-12-13-14-15-16-17-19-21-27(35)32-24(25(34)20-18-8-6-4-2)23-39-31-30(38)29(37)28(36)26(22-33)40-31/h5,7,10-11,13-14,16-18,20,24-26,28-31,33-34,36-38H,3-4,6,8-9,12,15,19,21-23H2,1-2H3,(H,32,35)/b7-5-,11-10-,14-13-,17-16-,20-18+. The lowest BCUT2D eigenvalue weighted by molar-refractivity contribution is -0.302. The Morgan fingerprint density at radius 2 is 1.50 bits per heavy atom. The number of carbonyl (C=O) groups excluding carboxylic acids is 1. The molecular weight excluding hydrogens is 514 g/mol. The Hall–Kier alpha value is -2.11. The van der Waals surface area contributed by atoms with Crippen LogP contribution in [0.1, 0.15) is 71.6 Å². The lowest BCUT2D eigenvalue weighted by atomic mass is 9.99. The van der Waals surface area contributed by atoms with Gasteiger partial charge in [-0.1, -0.05) is 87.4 Å². The van der Waals surface area contributed by atoms with Crippen LogP contribution in [-0.2, 0) is 14.3 Å². The minimum Gasteiger partial charge on any atom is -0.394 e. The van der Waals surface area contributed by atoms with Crippen molar-refractivity contribution in [2.24, 2.45) is 0 Å². The summed E-state index contributed by atoms with van der Waals surface area (Å²) in [5.74, 6) is -0.272. The zero-order valence-corrected chi connectivity index (χ0v) is 24.1. The molecule has 0 bridgehead atoms. The second-order valence-corrected chi connectivity index (χ2v) is 9.81. The number of carbonyl (C=O) groups is 1. The highest BCUT2D eigenvalue weighted by atomic mass is 16.7. The molecule has 7 unspecified atom stereocenters. The molecule has 0 aromatic carbocycles. The van der Waals surface area contributed by atoms with Crippen LogP contribution < -0.4 is 5.32 Å². The Morgan fingerprint density at radius 3 is 2.10 bits per heavy atom. The van der Waals surface area contributed by atoms with Gasteiger partial charge in [-0.25, -0.2) is 0 Å². The number of amides is 1. The smallest absolute Gasteiger partial charge is 0.220 e. The van der Waals surface area contributed by atoms with Crippen LogP contribution in [0.4, 0.5) is 0 Å². The van der Waals surface area contributed by atoms with E-state index in [4.69, 9.17) is 9.47 Å². The van der Waals surface area contributed by atoms with E-state index in [0.717, 1.165) is 44.9 Å². The van der Waals surface area contributed by atoms with Crippen LogP contribution in [0, 0.1) is 0 Å². The Balaban J connectivity index is 2.56. The average molecular weight is 566 g/mol. The number of ether oxygens (including phenoxy) is 2. The van der Waals surface area contributed by atoms with Gasteiger partial charge in [-0.15, -0.1) is 0 Å². The van der Waals surface area contributed by atoms with E-state index < -0.39 is 49.5 Å². The second kappa shape index (κ2) is 22.6. The third-order valence-corrected chi connectivity index (χ3v) is 6.36. The van der Waals surface area contributed by atoms with Crippen LogP contribution in [0.2, 0.25) is 0 Å². The summed E-state index contributed by atoms with van der Waals surface area (Å²) >= 11 is 0. The summed E-state index contributed by atoms with van der Waals surface area (Å²) in [5.41, 5.74) is 0. The predicted molar refractivity (Wildman–Crippen MR) is 156 cm³/mol. The van der Waals surface area contributed by atoms with E-state index in [9.17, 15) is 30.3 Å². The molecule has 1 heterocycles. The number of hydrogen-bond donors (Lipinski definition) is 6. The number of aliphatic hydroxyl groups is 5. The third kappa shape index (κ3) is 15.0. The van der Waals surface area contributed by atoms with E-state index in [1.54, 1.807) is 6.08 Å². The quantitative estimate of drug-likeness (QED) is 0.0975. The van der Waals surface area contributed by atoms with E-state index in [1.165, 1.54) is 0 Å². The first-order valence-electron chi connectivity index (χ1n) is 14.5. The van der Waals surface area contributed by atoms with Gasteiger partial charge >= 0.3 is 0 Å². The topological polar surface area (TPSA) is 149 Å². The summed E-state index contributed by atoms with van der Waals surface area (Å²) in [6.07, 6.45) is 19.2. The van der Waals surface area contributed by atoms with Gasteiger partial charge in [0.25, 0.3) is 0 Å². The van der Waals surface area contributed by atoms with Gasteiger partial charge in [0.1, 0.15) is 24.4 Å². The number of aliphatic hydroxyl groups excluding tert-OH is 5. The summed E-state index contributed by atoms with van der Waals surface area (Å²) in [6.45, 7) is 3.38. The van der Waals surface area contributed by atoms with Crippen molar-refractivity contribution in [1.29, 1.82) is 0 Å². The number of hydrogen-bond acceptors (Lipinski definition) is 8. The third-order valence-electron chi connectivity index (χ3n) is 6.36. The Kier molecular flexibility index (Phi) is 20.3. The molecule has 0 aliphatic carbocycles. The molecule has 6 N–H and O–H groups in total. The van der Waals surface area contributed by atoms with E-state index in [-0.39, 0.29) is 18.9 Å². The highest BCUT2D eigenvalue weighted by Crippen LogP contribution is 2.22. The van der Waals surface area contributed by atoms with Crippen LogP contribution in [0.15, 0.2) is 60.8 Å². The molecule has 1 aliphatic heterocycles. The number of unbranched alkanes of at least 4 members (excludes halogenated alkanes) is 2. The van der Waals surface area contributed by atoms with Crippen molar-refractivity contribution in [3.8, 4) is 0 Å². The van der Waals surface area contributed by atoms with Gasteiger partial charge in [0.15, 0.2) is 6.29 Å². The van der Waals surface area contributed by atoms with Gasteiger partial charge in [-0.05, 0) is 38.5 Å². The summed E-state index contributed by atoms with van der Waals surface area (Å²) in [5, 5.41) is 53.0. The molecule has 1 fully saturated rings. The van der Waals surface area contributed by atoms with Crippen LogP contribution in [-0.4, -0.2) is 87.5 Å². The molecule has 0 radical (unpaired) electrons. The van der Waals surface area contributed by atoms with Crippen molar-refractivity contribution in [2.75, 3.05) is 13.2 Å². The molecule has 228 valence electrons. The molecule has 1 rings (SSSR count). The molecule has 9 heteroatoms. The molecule has 1 amide bonds. The highest BCUT2D eigenvalue weighted by Gasteiger charge is 2.44. The Bertz CT molecular complexity index is 807. The molecule has 7 atom stereocenters. The Labute approximate surface area is 239 Å². The maximum absolute atomic E-state index is 12.6. The van der Waals surface area contributed by atoms with Gasteiger partial charge in [-0.3, -0.25) is 4.79 Å². The van der Waals surface area contributed by atoms with Gasteiger partial charge in [0, 0.05) is 6.42 Å². The van der Waals surface area contributed by atoms with Crippen molar-refractivity contribution in [3.63, 3.8) is 0 Å². The fraction of sp³-hybridized carbons (Fsp3) is 0.645. The van der Waals surface area contributed by atoms with Crippen molar-refractivity contribution in [2.45, 2.75) is 114 Å². The molecule has 0 aromatic heterocycles. The predicted octanol–water partition coefficient (Wildman–Crippen LogP) is 2.98. The van der Waals surface area contributed by atoms with Crippen LogP contribution >= 0.6 is 0 Å². The summed E-state index contributed by atoms with van der Waals surface area (Å²) in [6, 6.07) is -0.838. The van der Waals surface area contributed by atoms with Crippen molar-refractivity contribution in [1.82, 2.24) is 5.32 Å². The van der Waals surface area contributed by atoms with Gasteiger partial charge in [0.2, 0.25) is 5.91 Å². The number of allylic oxidation sites excluding steroid dienone is 9. The minimum absolute atomic E-state index is 0.219. The largest absolute Gasteiger partial charge is 0.394 e. The zero-order valence-electron chi connectivity index (χ0n) is 24.1. The van der Waals surface area contributed by atoms with Gasteiger partial charge in [0.05, 0.1) is 25.4 Å². The number of rotatable bonds is 20. The lowest BCUT2D eigenvalue weighted by Gasteiger charge is -2.40. The maximum atomic E-state index is 12.6. The fourth-order valence-electron chi connectivity index (χ4n) is 3.91. The van der Waals surface area contributed by atoms with Gasteiger partial charge in [-0.2, -0.15) is 0 Å². The number of nitrogens with one attached hydrogen (secondary N) is 1. The van der Waals surface area contributed by atoms with E-state index in [2.05, 4.69) is 55.6 Å². The van der Waals surface area contributed by atoms with E-state index in [1.807, 2.05) is 18.2 Å². The minimum atomic E-state index is -1.58. The van der Waals surface area contributed by atoms with Crippen molar-refractivity contribution < 1.29 is 39.8 Å². The molecule has 0 aromatic rings. The molecular formula is C31H51NO8. The molecule has 9 nitrogen and oxygen atoms in total. The molecule has 0 spiro atoms. The van der Waals surface area contributed by atoms with Crippen LogP contribution in [0.25, 0.3) is 0 Å². The highest BCUT2D eigenvalue weighted by molar-refractivity contribution is 5.76. The molecule has 1 aliphatic rings. The zero-order chi connectivity index (χ0) is 29.6. The van der Waals surface area contributed by atoms with Crippen molar-refractivity contribution >= 4 is 5.91 Å². The summed E-state index contributed by atoms with van der Waals surface area (Å²) in [4.78, 5) is 12.6. The Morgan fingerprint density at radius 1 is 0.875 bits per heavy atom. The van der Waals surface area contributed by atoms with Gasteiger partial charge < -0.3 is 40.3 Å². The molecule has 0 saturated carbocycles. The lowest BCUT2D eigenvalue weighted by Crippen LogP contribution is -2.60. The van der Waals surface area contributed by atoms with E-state index in [0.29, 0.717) is 6.42 Å². The summed E-state index contributed by atoms with van der Waals surface area (Å²) in [7, 11) is 0. The molecule has 1 saturated heterocycles.